The van der Waals surface area contributed by atoms with Crippen LogP contribution in [0.2, 0.25) is 0 Å². The van der Waals surface area contributed by atoms with Crippen LogP contribution in [0.15, 0.2) is 24.4 Å². The van der Waals surface area contributed by atoms with Gasteiger partial charge in [-0.2, -0.15) is 0 Å². The van der Waals surface area contributed by atoms with Crippen LogP contribution < -0.4 is 4.74 Å². The molecule has 0 N–H and O–H groups in total. The van der Waals surface area contributed by atoms with Crippen molar-refractivity contribution in [3.05, 3.63) is 41.2 Å². The number of rotatable bonds is 8. The van der Waals surface area contributed by atoms with Gasteiger partial charge < -0.3 is 4.74 Å². The highest BCUT2D eigenvalue weighted by molar-refractivity contribution is 6.17. The monoisotopic (exact) mass is 307 g/mol. The van der Waals surface area contributed by atoms with E-state index in [2.05, 4.69) is 36.3 Å². The third kappa shape index (κ3) is 5.05. The molecule has 5 heteroatoms. The highest BCUT2D eigenvalue weighted by Gasteiger charge is 2.01. The molecule has 0 aliphatic carbocycles. The Bertz CT molecular complexity index is 568. The first-order valence-corrected chi connectivity index (χ1v) is 7.87. The fourth-order valence-corrected chi connectivity index (χ4v) is 2.16. The summed E-state index contributed by atoms with van der Waals surface area (Å²) in [7, 11) is 0. The van der Waals surface area contributed by atoms with E-state index in [-0.39, 0.29) is 0 Å². The summed E-state index contributed by atoms with van der Waals surface area (Å²) < 4.78 is 7.62. The van der Waals surface area contributed by atoms with E-state index in [1.807, 2.05) is 16.9 Å². The summed E-state index contributed by atoms with van der Waals surface area (Å²) in [5, 5.41) is 8.23. The fourth-order valence-electron chi connectivity index (χ4n) is 2.03. The third-order valence-corrected chi connectivity index (χ3v) is 3.70. The van der Waals surface area contributed by atoms with Crippen molar-refractivity contribution in [2.45, 2.75) is 39.7 Å². The standard InChI is InChI=1S/C16H22ClN3O/c1-13-6-7-16(11-14(13)2)21-10-4-9-20-12-15(18-19-20)5-3-8-17/h6-7,11-12H,3-5,8-10H2,1-2H3. The zero-order chi connectivity index (χ0) is 15.1. The van der Waals surface area contributed by atoms with Crippen LogP contribution in [0.4, 0.5) is 0 Å². The summed E-state index contributed by atoms with van der Waals surface area (Å²) in [5.74, 6) is 1.59. The molecule has 21 heavy (non-hydrogen) atoms. The molecule has 0 saturated heterocycles. The van der Waals surface area contributed by atoms with E-state index < -0.39 is 0 Å². The maximum absolute atomic E-state index is 5.76. The molecule has 0 radical (unpaired) electrons. The number of ether oxygens (including phenoxy) is 1. The molecule has 1 heterocycles. The SMILES string of the molecule is Cc1ccc(OCCCn2cc(CCCCl)nn2)cc1C. The van der Waals surface area contributed by atoms with Crippen LogP contribution in [0.5, 0.6) is 5.75 Å². The van der Waals surface area contributed by atoms with Crippen LogP contribution in [-0.2, 0) is 13.0 Å². The zero-order valence-corrected chi connectivity index (χ0v) is 13.4. The number of alkyl halides is 1. The van der Waals surface area contributed by atoms with E-state index in [1.54, 1.807) is 0 Å². The molecule has 2 aromatic rings. The van der Waals surface area contributed by atoms with Gasteiger partial charge in [0.15, 0.2) is 0 Å². The maximum Gasteiger partial charge on any atom is 0.119 e. The summed E-state index contributed by atoms with van der Waals surface area (Å²) in [6.07, 6.45) is 4.73. The Morgan fingerprint density at radius 1 is 1.19 bits per heavy atom. The van der Waals surface area contributed by atoms with Crippen LogP contribution in [0, 0.1) is 13.8 Å². The van der Waals surface area contributed by atoms with Gasteiger partial charge in [0.25, 0.3) is 0 Å². The molecular formula is C16H22ClN3O. The average molecular weight is 308 g/mol. The Kier molecular flexibility index (Phi) is 6.05. The highest BCUT2D eigenvalue weighted by atomic mass is 35.5. The Hall–Kier alpha value is -1.55. The Morgan fingerprint density at radius 2 is 2.05 bits per heavy atom. The molecule has 0 spiro atoms. The van der Waals surface area contributed by atoms with Crippen molar-refractivity contribution in [3.8, 4) is 5.75 Å². The first-order valence-electron chi connectivity index (χ1n) is 7.34. The van der Waals surface area contributed by atoms with Gasteiger partial charge in [-0.15, -0.1) is 16.7 Å². The first kappa shape index (κ1) is 15.8. The molecule has 0 aliphatic heterocycles. The number of halogens is 1. The van der Waals surface area contributed by atoms with Gasteiger partial charge in [-0.1, -0.05) is 11.3 Å². The molecule has 0 amide bonds. The zero-order valence-electron chi connectivity index (χ0n) is 12.7. The van der Waals surface area contributed by atoms with Gasteiger partial charge in [0.05, 0.1) is 12.3 Å². The molecule has 0 saturated carbocycles. The number of hydrogen-bond acceptors (Lipinski definition) is 3. The minimum Gasteiger partial charge on any atom is -0.494 e. The molecule has 1 aromatic heterocycles. The Labute approximate surface area is 131 Å². The highest BCUT2D eigenvalue weighted by Crippen LogP contribution is 2.16. The van der Waals surface area contributed by atoms with Gasteiger partial charge in [-0.25, -0.2) is 0 Å². The molecule has 114 valence electrons. The van der Waals surface area contributed by atoms with Crippen molar-refractivity contribution in [3.63, 3.8) is 0 Å². The second kappa shape index (κ2) is 8.03. The van der Waals surface area contributed by atoms with Crippen molar-refractivity contribution in [1.82, 2.24) is 15.0 Å². The summed E-state index contributed by atoms with van der Waals surface area (Å²) in [6.45, 7) is 5.70. The van der Waals surface area contributed by atoms with Gasteiger partial charge in [0.2, 0.25) is 0 Å². The van der Waals surface area contributed by atoms with Gasteiger partial charge in [-0.05, 0) is 49.9 Å². The molecule has 2 rings (SSSR count). The lowest BCUT2D eigenvalue weighted by atomic mass is 10.1. The van der Waals surface area contributed by atoms with E-state index in [0.29, 0.717) is 12.5 Å². The number of aromatic nitrogens is 3. The second-order valence-corrected chi connectivity index (χ2v) is 5.59. The van der Waals surface area contributed by atoms with Crippen LogP contribution in [0.25, 0.3) is 0 Å². The summed E-state index contributed by atoms with van der Waals surface area (Å²) in [5.41, 5.74) is 3.55. The lowest BCUT2D eigenvalue weighted by Crippen LogP contribution is -2.05. The number of aryl methyl sites for hydroxylation is 4. The van der Waals surface area contributed by atoms with Crippen LogP contribution in [0.3, 0.4) is 0 Å². The van der Waals surface area contributed by atoms with Gasteiger partial charge in [0, 0.05) is 25.0 Å². The van der Waals surface area contributed by atoms with Gasteiger partial charge in [0.1, 0.15) is 5.75 Å². The average Bonchev–Trinajstić information content (AvgIpc) is 2.93. The normalized spacial score (nSPS) is 10.8. The smallest absolute Gasteiger partial charge is 0.119 e. The van der Waals surface area contributed by atoms with Crippen LogP contribution in [-0.4, -0.2) is 27.5 Å². The second-order valence-electron chi connectivity index (χ2n) is 5.21. The molecule has 4 nitrogen and oxygen atoms in total. The summed E-state index contributed by atoms with van der Waals surface area (Å²) in [4.78, 5) is 0. The lowest BCUT2D eigenvalue weighted by Gasteiger charge is -2.08. The predicted molar refractivity (Wildman–Crippen MR) is 85.1 cm³/mol. The maximum atomic E-state index is 5.76. The van der Waals surface area contributed by atoms with Crippen molar-refractivity contribution in [2.75, 3.05) is 12.5 Å². The Balaban J connectivity index is 1.71. The molecule has 0 fully saturated rings. The lowest BCUT2D eigenvalue weighted by molar-refractivity contribution is 0.297. The van der Waals surface area contributed by atoms with E-state index in [0.717, 1.165) is 37.3 Å². The van der Waals surface area contributed by atoms with Crippen LogP contribution >= 0.6 is 11.6 Å². The minimum atomic E-state index is 0.663. The minimum absolute atomic E-state index is 0.663. The van der Waals surface area contributed by atoms with Crippen molar-refractivity contribution in [2.24, 2.45) is 0 Å². The molecule has 1 aromatic carbocycles. The number of benzene rings is 1. The summed E-state index contributed by atoms with van der Waals surface area (Å²) >= 11 is 5.67. The largest absolute Gasteiger partial charge is 0.494 e. The van der Waals surface area contributed by atoms with E-state index in [4.69, 9.17) is 16.3 Å². The van der Waals surface area contributed by atoms with E-state index >= 15 is 0 Å². The third-order valence-electron chi connectivity index (χ3n) is 3.43. The van der Waals surface area contributed by atoms with Gasteiger partial charge in [-0.3, -0.25) is 4.68 Å². The van der Waals surface area contributed by atoms with Crippen molar-refractivity contribution < 1.29 is 4.74 Å². The molecule has 0 aliphatic rings. The van der Waals surface area contributed by atoms with E-state index in [9.17, 15) is 0 Å². The fraction of sp³-hybridized carbons (Fsp3) is 0.500. The predicted octanol–water partition coefficient (Wildman–Crippen LogP) is 3.54. The molecular weight excluding hydrogens is 286 g/mol. The van der Waals surface area contributed by atoms with Gasteiger partial charge >= 0.3 is 0 Å². The molecule has 0 atom stereocenters. The Morgan fingerprint density at radius 3 is 2.81 bits per heavy atom. The van der Waals surface area contributed by atoms with Crippen molar-refractivity contribution >= 4 is 11.6 Å². The number of nitrogens with zero attached hydrogens (tertiary/aromatic N) is 3. The first-order chi connectivity index (χ1) is 10.2. The quantitative estimate of drug-likeness (QED) is 0.553. The summed E-state index contributed by atoms with van der Waals surface area (Å²) in [6, 6.07) is 6.18. The van der Waals surface area contributed by atoms with Crippen LogP contribution in [0.1, 0.15) is 29.7 Å². The molecule has 0 bridgehead atoms. The molecule has 0 unspecified atom stereocenters. The van der Waals surface area contributed by atoms with E-state index in [1.165, 1.54) is 11.1 Å². The van der Waals surface area contributed by atoms with Crippen molar-refractivity contribution in [1.29, 1.82) is 0 Å². The topological polar surface area (TPSA) is 39.9 Å². The number of hydrogen-bond donors (Lipinski definition) is 0.